The Bertz CT molecular complexity index is 774. The van der Waals surface area contributed by atoms with Crippen LogP contribution in [-0.2, 0) is 22.6 Å². The minimum absolute atomic E-state index is 0.0311. The molecule has 0 aromatic heterocycles. The summed E-state index contributed by atoms with van der Waals surface area (Å²) < 4.78 is 5.35. The monoisotopic (exact) mass is 368 g/mol. The maximum atomic E-state index is 12.1. The fraction of sp³-hybridized carbons (Fsp3) is 0.364. The largest absolute Gasteiger partial charge is 0.496 e. The first-order valence-electron chi connectivity index (χ1n) is 9.19. The minimum Gasteiger partial charge on any atom is -0.496 e. The van der Waals surface area contributed by atoms with Crippen molar-refractivity contribution in [3.8, 4) is 5.75 Å². The normalized spacial score (nSPS) is 10.3. The van der Waals surface area contributed by atoms with Gasteiger partial charge < -0.3 is 15.0 Å². The second-order valence-electron chi connectivity index (χ2n) is 6.58. The average Bonchev–Trinajstić information content (AvgIpc) is 2.66. The van der Waals surface area contributed by atoms with Crippen LogP contribution in [0.3, 0.4) is 0 Å². The first-order chi connectivity index (χ1) is 13.0. The molecular formula is C22H28N2O3. The second-order valence-corrected chi connectivity index (χ2v) is 6.58. The lowest BCUT2D eigenvalue weighted by molar-refractivity contribution is -0.129. The van der Waals surface area contributed by atoms with Crippen molar-refractivity contribution in [3.05, 3.63) is 65.2 Å². The van der Waals surface area contributed by atoms with Gasteiger partial charge in [0.15, 0.2) is 0 Å². The Kier molecular flexibility index (Phi) is 7.86. The number of carbonyl (C=O) groups excluding carboxylic acids is 2. The van der Waals surface area contributed by atoms with E-state index >= 15 is 0 Å². The van der Waals surface area contributed by atoms with Crippen LogP contribution < -0.4 is 10.1 Å². The molecule has 0 saturated heterocycles. The molecule has 0 aliphatic heterocycles. The highest BCUT2D eigenvalue weighted by molar-refractivity contribution is 5.78. The molecule has 2 amide bonds. The molecule has 0 fully saturated rings. The maximum Gasteiger partial charge on any atom is 0.222 e. The molecule has 0 spiro atoms. The summed E-state index contributed by atoms with van der Waals surface area (Å²) in [4.78, 5) is 25.8. The van der Waals surface area contributed by atoms with Gasteiger partial charge in [0.1, 0.15) is 5.75 Å². The molecule has 2 aromatic rings. The van der Waals surface area contributed by atoms with Gasteiger partial charge in [0.05, 0.1) is 7.11 Å². The highest BCUT2D eigenvalue weighted by Gasteiger charge is 2.12. The molecule has 5 nitrogen and oxygen atoms in total. The van der Waals surface area contributed by atoms with Crippen molar-refractivity contribution in [3.63, 3.8) is 0 Å². The van der Waals surface area contributed by atoms with Crippen molar-refractivity contribution in [2.75, 3.05) is 20.2 Å². The van der Waals surface area contributed by atoms with Crippen molar-refractivity contribution < 1.29 is 14.3 Å². The van der Waals surface area contributed by atoms with Gasteiger partial charge in [-0.25, -0.2) is 0 Å². The van der Waals surface area contributed by atoms with Crippen molar-refractivity contribution in [2.45, 2.75) is 33.2 Å². The van der Waals surface area contributed by atoms with E-state index in [4.69, 9.17) is 4.74 Å². The number of amides is 2. The van der Waals surface area contributed by atoms with Crippen LogP contribution in [-0.4, -0.2) is 36.9 Å². The molecule has 0 unspecified atom stereocenters. The standard InChI is InChI=1S/C22H28N2O3/c1-17-7-6-8-19(15-17)16-23-22(26)12-14-24(18(2)25)13-11-20-9-4-5-10-21(20)27-3/h4-10,15H,11-14,16H2,1-3H3,(H,23,26). The molecule has 0 aliphatic rings. The Labute approximate surface area is 161 Å². The van der Waals surface area contributed by atoms with E-state index < -0.39 is 0 Å². The lowest BCUT2D eigenvalue weighted by Gasteiger charge is -2.21. The third kappa shape index (κ3) is 6.77. The highest BCUT2D eigenvalue weighted by atomic mass is 16.5. The number of ether oxygens (including phenoxy) is 1. The number of hydrogen-bond acceptors (Lipinski definition) is 3. The lowest BCUT2D eigenvalue weighted by Crippen LogP contribution is -2.35. The fourth-order valence-electron chi connectivity index (χ4n) is 2.94. The summed E-state index contributed by atoms with van der Waals surface area (Å²) in [6.45, 7) is 5.03. The van der Waals surface area contributed by atoms with Gasteiger partial charge >= 0.3 is 0 Å². The van der Waals surface area contributed by atoms with E-state index in [-0.39, 0.29) is 18.2 Å². The third-order valence-electron chi connectivity index (χ3n) is 4.47. The molecule has 0 radical (unpaired) electrons. The van der Waals surface area contributed by atoms with Crippen molar-refractivity contribution in [1.82, 2.24) is 10.2 Å². The predicted octanol–water partition coefficient (Wildman–Crippen LogP) is 3.10. The summed E-state index contributed by atoms with van der Waals surface area (Å²) in [5.41, 5.74) is 3.29. The number of para-hydroxylation sites is 1. The molecule has 0 aliphatic carbocycles. The Morgan fingerprint density at radius 1 is 1.07 bits per heavy atom. The minimum atomic E-state index is -0.0555. The van der Waals surface area contributed by atoms with Gasteiger partial charge in [-0.1, -0.05) is 48.0 Å². The molecular weight excluding hydrogens is 340 g/mol. The van der Waals surface area contributed by atoms with Crippen molar-refractivity contribution in [1.29, 1.82) is 0 Å². The van der Waals surface area contributed by atoms with Crippen LogP contribution in [0.5, 0.6) is 5.75 Å². The Morgan fingerprint density at radius 2 is 1.85 bits per heavy atom. The average molecular weight is 368 g/mol. The Balaban J connectivity index is 1.81. The molecule has 0 saturated carbocycles. The van der Waals surface area contributed by atoms with E-state index in [2.05, 4.69) is 11.4 Å². The highest BCUT2D eigenvalue weighted by Crippen LogP contribution is 2.18. The third-order valence-corrected chi connectivity index (χ3v) is 4.47. The molecule has 2 aromatic carbocycles. The van der Waals surface area contributed by atoms with Crippen molar-refractivity contribution in [2.24, 2.45) is 0 Å². The molecule has 2 rings (SSSR count). The van der Waals surface area contributed by atoms with E-state index in [1.54, 1.807) is 12.0 Å². The molecule has 27 heavy (non-hydrogen) atoms. The molecule has 5 heteroatoms. The van der Waals surface area contributed by atoms with Crippen LogP contribution in [0.2, 0.25) is 0 Å². The first kappa shape index (κ1) is 20.5. The van der Waals surface area contributed by atoms with Crippen LogP contribution in [0, 0.1) is 6.92 Å². The van der Waals surface area contributed by atoms with E-state index in [0.717, 1.165) is 16.9 Å². The van der Waals surface area contributed by atoms with E-state index in [1.165, 1.54) is 12.5 Å². The number of nitrogens with zero attached hydrogens (tertiary/aromatic N) is 1. The molecule has 144 valence electrons. The fourth-order valence-corrected chi connectivity index (χ4v) is 2.94. The number of nitrogens with one attached hydrogen (secondary N) is 1. The first-order valence-corrected chi connectivity index (χ1v) is 9.19. The van der Waals surface area contributed by atoms with Gasteiger partial charge in [0, 0.05) is 33.0 Å². The maximum absolute atomic E-state index is 12.1. The van der Waals surface area contributed by atoms with E-state index in [1.807, 2.05) is 49.4 Å². The molecule has 0 bridgehead atoms. The summed E-state index contributed by atoms with van der Waals surface area (Å²) in [7, 11) is 1.64. The zero-order valence-corrected chi connectivity index (χ0v) is 16.3. The van der Waals surface area contributed by atoms with Crippen LogP contribution in [0.25, 0.3) is 0 Å². The van der Waals surface area contributed by atoms with Crippen LogP contribution in [0.15, 0.2) is 48.5 Å². The molecule has 1 N–H and O–H groups in total. The zero-order chi connectivity index (χ0) is 19.6. The quantitative estimate of drug-likeness (QED) is 0.740. The van der Waals surface area contributed by atoms with Gasteiger partial charge in [-0.05, 0) is 30.5 Å². The number of benzene rings is 2. The predicted molar refractivity (Wildman–Crippen MR) is 107 cm³/mol. The Hall–Kier alpha value is -2.82. The summed E-state index contributed by atoms with van der Waals surface area (Å²) in [6.07, 6.45) is 0.978. The van der Waals surface area contributed by atoms with Crippen molar-refractivity contribution >= 4 is 11.8 Å². The molecule has 0 heterocycles. The van der Waals surface area contributed by atoms with E-state index in [0.29, 0.717) is 26.1 Å². The number of methoxy groups -OCH3 is 1. The van der Waals surface area contributed by atoms with Gasteiger partial charge in [-0.3, -0.25) is 9.59 Å². The smallest absolute Gasteiger partial charge is 0.222 e. The van der Waals surface area contributed by atoms with Gasteiger partial charge in [-0.15, -0.1) is 0 Å². The number of hydrogen-bond donors (Lipinski definition) is 1. The summed E-state index contributed by atoms with van der Waals surface area (Å²) in [5.74, 6) is 0.730. The molecule has 0 atom stereocenters. The number of aryl methyl sites for hydroxylation is 1. The van der Waals surface area contributed by atoms with Gasteiger partial charge in [0.25, 0.3) is 0 Å². The van der Waals surface area contributed by atoms with Gasteiger partial charge in [-0.2, -0.15) is 0 Å². The number of carbonyl (C=O) groups is 2. The van der Waals surface area contributed by atoms with Crippen LogP contribution >= 0.6 is 0 Å². The second kappa shape index (κ2) is 10.4. The van der Waals surface area contributed by atoms with Gasteiger partial charge in [0.2, 0.25) is 11.8 Å². The number of rotatable bonds is 9. The Morgan fingerprint density at radius 3 is 2.56 bits per heavy atom. The summed E-state index contributed by atoms with van der Waals surface area (Å²) >= 11 is 0. The lowest BCUT2D eigenvalue weighted by atomic mass is 10.1. The van der Waals surface area contributed by atoms with E-state index in [9.17, 15) is 9.59 Å². The summed E-state index contributed by atoms with van der Waals surface area (Å²) in [5, 5.41) is 2.92. The topological polar surface area (TPSA) is 58.6 Å². The van der Waals surface area contributed by atoms with Crippen LogP contribution in [0.4, 0.5) is 0 Å². The summed E-state index contributed by atoms with van der Waals surface area (Å²) in [6, 6.07) is 15.8. The SMILES string of the molecule is COc1ccccc1CCN(CCC(=O)NCc1cccc(C)c1)C(C)=O. The van der Waals surface area contributed by atoms with Crippen LogP contribution in [0.1, 0.15) is 30.0 Å². The zero-order valence-electron chi connectivity index (χ0n) is 16.3.